The highest BCUT2D eigenvalue weighted by Gasteiger charge is 2.18. The molecule has 0 radical (unpaired) electrons. The molecule has 15 heavy (non-hydrogen) atoms. The smallest absolute Gasteiger partial charge is 0.227 e. The lowest BCUT2D eigenvalue weighted by atomic mass is 9.99. The molecule has 0 amide bonds. The predicted molar refractivity (Wildman–Crippen MR) is 52.2 cm³/mol. The summed E-state index contributed by atoms with van der Waals surface area (Å²) in [5, 5.41) is 12.9. The van der Waals surface area contributed by atoms with Crippen molar-refractivity contribution in [3.8, 4) is 0 Å². The Morgan fingerprint density at radius 2 is 2.47 bits per heavy atom. The van der Waals surface area contributed by atoms with Gasteiger partial charge in [0.15, 0.2) is 5.82 Å². The van der Waals surface area contributed by atoms with Crippen molar-refractivity contribution in [2.45, 2.75) is 32.3 Å². The van der Waals surface area contributed by atoms with Gasteiger partial charge in [-0.2, -0.15) is 4.98 Å². The highest BCUT2D eigenvalue weighted by molar-refractivity contribution is 4.90. The molecule has 2 unspecified atom stereocenters. The predicted octanol–water partition coefficient (Wildman–Crippen LogP) is 1.09. The third-order valence-corrected chi connectivity index (χ3v) is 2.58. The fourth-order valence-electron chi connectivity index (χ4n) is 1.74. The van der Waals surface area contributed by atoms with E-state index < -0.39 is 6.10 Å². The number of aromatic nitrogens is 2. The maximum atomic E-state index is 9.23. The highest BCUT2D eigenvalue weighted by Crippen LogP contribution is 2.18. The summed E-state index contributed by atoms with van der Waals surface area (Å²) < 4.78 is 10.4. The minimum Gasteiger partial charge on any atom is -0.385 e. The SMILES string of the molecule is CC(O)c1noc(CC2CCCOC2)n1. The monoisotopic (exact) mass is 212 g/mol. The summed E-state index contributed by atoms with van der Waals surface area (Å²) >= 11 is 0. The normalized spacial score (nSPS) is 24.0. The number of nitrogens with zero attached hydrogens (tertiary/aromatic N) is 2. The molecular weight excluding hydrogens is 196 g/mol. The van der Waals surface area contributed by atoms with E-state index in [4.69, 9.17) is 9.26 Å². The molecule has 1 aliphatic heterocycles. The van der Waals surface area contributed by atoms with E-state index in [1.165, 1.54) is 0 Å². The second-order valence-electron chi connectivity index (χ2n) is 4.01. The molecule has 0 saturated carbocycles. The van der Waals surface area contributed by atoms with Crippen LogP contribution < -0.4 is 0 Å². The lowest BCUT2D eigenvalue weighted by Gasteiger charge is -2.20. The van der Waals surface area contributed by atoms with E-state index in [1.54, 1.807) is 6.92 Å². The average molecular weight is 212 g/mol. The van der Waals surface area contributed by atoms with Crippen LogP contribution in [0.25, 0.3) is 0 Å². The van der Waals surface area contributed by atoms with Crippen LogP contribution in [-0.2, 0) is 11.2 Å². The van der Waals surface area contributed by atoms with Crippen LogP contribution in [0.4, 0.5) is 0 Å². The zero-order valence-corrected chi connectivity index (χ0v) is 8.85. The molecule has 2 rings (SSSR count). The van der Waals surface area contributed by atoms with Crippen LogP contribution in [0.3, 0.4) is 0 Å². The van der Waals surface area contributed by atoms with Gasteiger partial charge in [0.25, 0.3) is 0 Å². The number of aliphatic hydroxyl groups excluding tert-OH is 1. The standard InChI is InChI=1S/C10H16N2O3/c1-7(13)10-11-9(15-12-10)5-8-3-2-4-14-6-8/h7-8,13H,2-6H2,1H3. The number of hydrogen-bond acceptors (Lipinski definition) is 5. The van der Waals surface area contributed by atoms with Crippen molar-refractivity contribution in [1.82, 2.24) is 10.1 Å². The molecule has 1 N–H and O–H groups in total. The first-order valence-corrected chi connectivity index (χ1v) is 5.34. The summed E-state index contributed by atoms with van der Waals surface area (Å²) in [4.78, 5) is 4.12. The summed E-state index contributed by atoms with van der Waals surface area (Å²) in [6, 6.07) is 0. The second kappa shape index (κ2) is 4.72. The lowest BCUT2D eigenvalue weighted by Crippen LogP contribution is -2.19. The Balaban J connectivity index is 1.91. The molecule has 0 spiro atoms. The van der Waals surface area contributed by atoms with Crippen LogP contribution in [0.2, 0.25) is 0 Å². The van der Waals surface area contributed by atoms with E-state index >= 15 is 0 Å². The van der Waals surface area contributed by atoms with Crippen molar-refractivity contribution in [2.75, 3.05) is 13.2 Å². The molecule has 2 heterocycles. The van der Waals surface area contributed by atoms with Crippen LogP contribution in [-0.4, -0.2) is 28.5 Å². The maximum Gasteiger partial charge on any atom is 0.227 e. The first-order chi connectivity index (χ1) is 7.25. The highest BCUT2D eigenvalue weighted by atomic mass is 16.5. The molecule has 5 heteroatoms. The second-order valence-corrected chi connectivity index (χ2v) is 4.01. The molecule has 1 saturated heterocycles. The van der Waals surface area contributed by atoms with Crippen molar-refractivity contribution in [3.63, 3.8) is 0 Å². The molecular formula is C10H16N2O3. The van der Waals surface area contributed by atoms with Crippen molar-refractivity contribution < 1.29 is 14.4 Å². The van der Waals surface area contributed by atoms with E-state index in [-0.39, 0.29) is 0 Å². The Bertz CT molecular complexity index is 305. The number of ether oxygens (including phenoxy) is 1. The molecule has 0 aliphatic carbocycles. The molecule has 2 atom stereocenters. The Hall–Kier alpha value is -0.940. The van der Waals surface area contributed by atoms with Gasteiger partial charge >= 0.3 is 0 Å². The van der Waals surface area contributed by atoms with Gasteiger partial charge in [-0.1, -0.05) is 5.16 Å². The van der Waals surface area contributed by atoms with E-state index in [9.17, 15) is 5.11 Å². The largest absolute Gasteiger partial charge is 0.385 e. The van der Waals surface area contributed by atoms with Gasteiger partial charge < -0.3 is 14.4 Å². The van der Waals surface area contributed by atoms with Crippen molar-refractivity contribution in [2.24, 2.45) is 5.92 Å². The Kier molecular flexibility index (Phi) is 3.33. The van der Waals surface area contributed by atoms with Gasteiger partial charge in [0, 0.05) is 19.6 Å². The van der Waals surface area contributed by atoms with Crippen LogP contribution in [0.5, 0.6) is 0 Å². The van der Waals surface area contributed by atoms with E-state index in [0.29, 0.717) is 17.6 Å². The fourth-order valence-corrected chi connectivity index (χ4v) is 1.74. The first-order valence-electron chi connectivity index (χ1n) is 5.34. The minimum atomic E-state index is -0.662. The quantitative estimate of drug-likeness (QED) is 0.812. The molecule has 1 aromatic heterocycles. The molecule has 1 aliphatic rings. The Morgan fingerprint density at radius 3 is 3.07 bits per heavy atom. The molecule has 1 aromatic rings. The van der Waals surface area contributed by atoms with Crippen molar-refractivity contribution in [1.29, 1.82) is 0 Å². The van der Waals surface area contributed by atoms with Gasteiger partial charge in [-0.15, -0.1) is 0 Å². The minimum absolute atomic E-state index is 0.363. The van der Waals surface area contributed by atoms with Gasteiger partial charge in [-0.3, -0.25) is 0 Å². The molecule has 0 bridgehead atoms. The van der Waals surface area contributed by atoms with Crippen LogP contribution >= 0.6 is 0 Å². The summed E-state index contributed by atoms with van der Waals surface area (Å²) in [7, 11) is 0. The summed E-state index contributed by atoms with van der Waals surface area (Å²) in [6.07, 6.45) is 2.33. The summed E-state index contributed by atoms with van der Waals surface area (Å²) in [5.74, 6) is 1.43. The van der Waals surface area contributed by atoms with Gasteiger partial charge in [0.05, 0.1) is 0 Å². The number of aliphatic hydroxyl groups is 1. The van der Waals surface area contributed by atoms with Gasteiger partial charge in [0.1, 0.15) is 6.10 Å². The zero-order chi connectivity index (χ0) is 10.7. The lowest BCUT2D eigenvalue weighted by molar-refractivity contribution is 0.0520. The zero-order valence-electron chi connectivity index (χ0n) is 8.85. The maximum absolute atomic E-state index is 9.23. The van der Waals surface area contributed by atoms with E-state index in [1.807, 2.05) is 0 Å². The molecule has 1 fully saturated rings. The van der Waals surface area contributed by atoms with Crippen molar-refractivity contribution >= 4 is 0 Å². The van der Waals surface area contributed by atoms with Crippen LogP contribution in [0.15, 0.2) is 4.52 Å². The van der Waals surface area contributed by atoms with Crippen molar-refractivity contribution in [3.05, 3.63) is 11.7 Å². The summed E-state index contributed by atoms with van der Waals surface area (Å²) in [5.41, 5.74) is 0. The van der Waals surface area contributed by atoms with Crippen LogP contribution in [0, 0.1) is 5.92 Å². The topological polar surface area (TPSA) is 68.4 Å². The van der Waals surface area contributed by atoms with E-state index in [2.05, 4.69) is 10.1 Å². The number of rotatable bonds is 3. The molecule has 5 nitrogen and oxygen atoms in total. The Morgan fingerprint density at radius 1 is 1.60 bits per heavy atom. The Labute approximate surface area is 88.4 Å². The summed E-state index contributed by atoms with van der Waals surface area (Å²) in [6.45, 7) is 3.25. The third-order valence-electron chi connectivity index (χ3n) is 2.58. The molecule has 84 valence electrons. The third kappa shape index (κ3) is 2.76. The number of hydrogen-bond donors (Lipinski definition) is 1. The fraction of sp³-hybridized carbons (Fsp3) is 0.800. The van der Waals surface area contributed by atoms with Crippen LogP contribution in [0.1, 0.15) is 37.6 Å². The van der Waals surface area contributed by atoms with Gasteiger partial charge in [-0.05, 0) is 25.7 Å². The molecule has 0 aromatic carbocycles. The van der Waals surface area contributed by atoms with E-state index in [0.717, 1.165) is 32.5 Å². The van der Waals surface area contributed by atoms with Gasteiger partial charge in [-0.25, -0.2) is 0 Å². The first kappa shape index (κ1) is 10.6. The average Bonchev–Trinajstić information content (AvgIpc) is 2.68. The van der Waals surface area contributed by atoms with Gasteiger partial charge in [0.2, 0.25) is 5.89 Å².